The van der Waals surface area contributed by atoms with Gasteiger partial charge in [0.05, 0.1) is 0 Å². The van der Waals surface area contributed by atoms with Crippen LogP contribution in [-0.2, 0) is 6.42 Å². The Bertz CT molecular complexity index is 339. The molecule has 1 aromatic rings. The highest BCUT2D eigenvalue weighted by atomic mass is 19.1. The van der Waals surface area contributed by atoms with E-state index in [2.05, 4.69) is 11.8 Å². The van der Waals surface area contributed by atoms with Crippen LogP contribution in [0, 0.1) is 5.82 Å². The van der Waals surface area contributed by atoms with E-state index in [1.54, 1.807) is 6.07 Å². The SMILES string of the molecule is CCC(N)Cc1cc(F)ccc1N(C)CC. The molecule has 0 amide bonds. The second-order valence-electron chi connectivity index (χ2n) is 4.16. The predicted molar refractivity (Wildman–Crippen MR) is 67.3 cm³/mol. The molecule has 0 radical (unpaired) electrons. The Balaban J connectivity index is 2.98. The standard InChI is InChI=1S/C13H21FN2/c1-4-12(15)9-10-8-11(14)6-7-13(10)16(3)5-2/h6-8,12H,4-5,9,15H2,1-3H3. The molecule has 90 valence electrons. The first-order valence-electron chi connectivity index (χ1n) is 5.83. The van der Waals surface area contributed by atoms with E-state index in [1.807, 2.05) is 20.0 Å². The molecule has 0 heterocycles. The van der Waals surface area contributed by atoms with Crippen molar-refractivity contribution in [2.24, 2.45) is 5.73 Å². The summed E-state index contributed by atoms with van der Waals surface area (Å²) in [5, 5.41) is 0. The molecule has 0 aromatic heterocycles. The molecule has 0 saturated carbocycles. The van der Waals surface area contributed by atoms with Crippen LogP contribution in [0.2, 0.25) is 0 Å². The molecule has 0 aliphatic heterocycles. The highest BCUT2D eigenvalue weighted by Gasteiger charge is 2.10. The van der Waals surface area contributed by atoms with Gasteiger partial charge >= 0.3 is 0 Å². The summed E-state index contributed by atoms with van der Waals surface area (Å²) in [6, 6.07) is 5.03. The summed E-state index contributed by atoms with van der Waals surface area (Å²) in [6.45, 7) is 5.03. The second kappa shape index (κ2) is 5.85. The molecule has 0 aliphatic carbocycles. The maximum atomic E-state index is 13.2. The third kappa shape index (κ3) is 3.20. The van der Waals surface area contributed by atoms with Gasteiger partial charge in [-0.05, 0) is 43.5 Å². The number of nitrogens with zero attached hydrogens (tertiary/aromatic N) is 1. The normalized spacial score (nSPS) is 12.6. The van der Waals surface area contributed by atoms with Crippen molar-refractivity contribution in [2.45, 2.75) is 32.7 Å². The number of halogens is 1. The Kier molecular flexibility index (Phi) is 4.74. The van der Waals surface area contributed by atoms with Crippen molar-refractivity contribution in [1.29, 1.82) is 0 Å². The molecule has 0 spiro atoms. The van der Waals surface area contributed by atoms with Gasteiger partial charge in [0.25, 0.3) is 0 Å². The molecule has 1 atom stereocenters. The summed E-state index contributed by atoms with van der Waals surface area (Å²) in [5.41, 5.74) is 8.00. The number of nitrogens with two attached hydrogens (primary N) is 1. The number of hydrogen-bond donors (Lipinski definition) is 1. The molecule has 1 aromatic carbocycles. The largest absolute Gasteiger partial charge is 0.375 e. The summed E-state index contributed by atoms with van der Waals surface area (Å²) < 4.78 is 13.2. The Morgan fingerprint density at radius 2 is 2.06 bits per heavy atom. The van der Waals surface area contributed by atoms with Crippen LogP contribution in [0.25, 0.3) is 0 Å². The zero-order valence-electron chi connectivity index (χ0n) is 10.3. The monoisotopic (exact) mass is 224 g/mol. The third-order valence-electron chi connectivity index (χ3n) is 2.93. The zero-order chi connectivity index (χ0) is 12.1. The highest BCUT2D eigenvalue weighted by molar-refractivity contribution is 5.53. The second-order valence-corrected chi connectivity index (χ2v) is 4.16. The summed E-state index contributed by atoms with van der Waals surface area (Å²) in [5.74, 6) is -0.188. The number of hydrogen-bond acceptors (Lipinski definition) is 2. The Hall–Kier alpha value is -1.09. The summed E-state index contributed by atoms with van der Waals surface area (Å²) >= 11 is 0. The predicted octanol–water partition coefficient (Wildman–Crippen LogP) is 2.56. The van der Waals surface area contributed by atoms with Gasteiger partial charge in [-0.25, -0.2) is 4.39 Å². The van der Waals surface area contributed by atoms with Crippen LogP contribution in [0.15, 0.2) is 18.2 Å². The van der Waals surface area contributed by atoms with Crippen molar-refractivity contribution in [3.63, 3.8) is 0 Å². The van der Waals surface area contributed by atoms with E-state index in [0.717, 1.165) is 30.6 Å². The molecule has 16 heavy (non-hydrogen) atoms. The van der Waals surface area contributed by atoms with Crippen LogP contribution in [0.1, 0.15) is 25.8 Å². The van der Waals surface area contributed by atoms with Gasteiger partial charge in [0, 0.05) is 25.3 Å². The van der Waals surface area contributed by atoms with E-state index in [-0.39, 0.29) is 11.9 Å². The maximum Gasteiger partial charge on any atom is 0.123 e. The lowest BCUT2D eigenvalue weighted by molar-refractivity contribution is 0.614. The van der Waals surface area contributed by atoms with Crippen molar-refractivity contribution in [2.75, 3.05) is 18.5 Å². The molecule has 1 unspecified atom stereocenters. The molecular weight excluding hydrogens is 203 g/mol. The van der Waals surface area contributed by atoms with Crippen LogP contribution < -0.4 is 10.6 Å². The first kappa shape index (κ1) is 13.0. The molecule has 0 bridgehead atoms. The van der Waals surface area contributed by atoms with E-state index in [1.165, 1.54) is 6.07 Å². The summed E-state index contributed by atoms with van der Waals surface area (Å²) in [6.07, 6.45) is 1.64. The summed E-state index contributed by atoms with van der Waals surface area (Å²) in [7, 11) is 2.01. The lowest BCUT2D eigenvalue weighted by Gasteiger charge is -2.22. The first-order valence-corrected chi connectivity index (χ1v) is 5.83. The van der Waals surface area contributed by atoms with E-state index in [4.69, 9.17) is 5.73 Å². The van der Waals surface area contributed by atoms with Crippen molar-refractivity contribution in [1.82, 2.24) is 0 Å². The van der Waals surface area contributed by atoms with Gasteiger partial charge in [0.2, 0.25) is 0 Å². The van der Waals surface area contributed by atoms with Crippen LogP contribution in [0.3, 0.4) is 0 Å². The molecule has 0 aliphatic rings. The molecule has 2 N–H and O–H groups in total. The Morgan fingerprint density at radius 3 is 2.62 bits per heavy atom. The quantitative estimate of drug-likeness (QED) is 0.833. The first-order chi connectivity index (χ1) is 7.58. The van der Waals surface area contributed by atoms with Gasteiger partial charge in [-0.2, -0.15) is 0 Å². The highest BCUT2D eigenvalue weighted by Crippen LogP contribution is 2.22. The maximum absolute atomic E-state index is 13.2. The van der Waals surface area contributed by atoms with Gasteiger partial charge in [0.15, 0.2) is 0 Å². The minimum absolute atomic E-state index is 0.103. The minimum Gasteiger partial charge on any atom is -0.375 e. The molecule has 3 heteroatoms. The summed E-state index contributed by atoms with van der Waals surface area (Å²) in [4.78, 5) is 2.11. The van der Waals surface area contributed by atoms with Gasteiger partial charge < -0.3 is 10.6 Å². The van der Waals surface area contributed by atoms with E-state index in [0.29, 0.717) is 0 Å². The van der Waals surface area contributed by atoms with Crippen molar-refractivity contribution < 1.29 is 4.39 Å². The molecular formula is C13H21FN2. The van der Waals surface area contributed by atoms with Gasteiger partial charge in [-0.15, -0.1) is 0 Å². The molecule has 2 nitrogen and oxygen atoms in total. The van der Waals surface area contributed by atoms with Gasteiger partial charge in [-0.1, -0.05) is 6.92 Å². The molecule has 0 fully saturated rings. The van der Waals surface area contributed by atoms with Crippen LogP contribution in [0.4, 0.5) is 10.1 Å². The van der Waals surface area contributed by atoms with Crippen LogP contribution in [-0.4, -0.2) is 19.6 Å². The van der Waals surface area contributed by atoms with Crippen molar-refractivity contribution in [3.8, 4) is 0 Å². The van der Waals surface area contributed by atoms with Gasteiger partial charge in [-0.3, -0.25) is 0 Å². The Labute approximate surface area is 97.3 Å². The number of anilines is 1. The smallest absolute Gasteiger partial charge is 0.123 e. The van der Waals surface area contributed by atoms with Crippen molar-refractivity contribution in [3.05, 3.63) is 29.6 Å². The lowest BCUT2D eigenvalue weighted by Crippen LogP contribution is -2.24. The Morgan fingerprint density at radius 1 is 1.38 bits per heavy atom. The topological polar surface area (TPSA) is 29.3 Å². The van der Waals surface area contributed by atoms with Crippen LogP contribution in [0.5, 0.6) is 0 Å². The van der Waals surface area contributed by atoms with Gasteiger partial charge in [0.1, 0.15) is 5.82 Å². The fraction of sp³-hybridized carbons (Fsp3) is 0.538. The molecule has 1 rings (SSSR count). The van der Waals surface area contributed by atoms with E-state index in [9.17, 15) is 4.39 Å². The van der Waals surface area contributed by atoms with E-state index < -0.39 is 0 Å². The van der Waals surface area contributed by atoms with Crippen LogP contribution >= 0.6 is 0 Å². The van der Waals surface area contributed by atoms with Crippen molar-refractivity contribution >= 4 is 5.69 Å². The zero-order valence-corrected chi connectivity index (χ0v) is 10.3. The molecule has 0 saturated heterocycles. The lowest BCUT2D eigenvalue weighted by atomic mass is 10.0. The third-order valence-corrected chi connectivity index (χ3v) is 2.93. The average molecular weight is 224 g/mol. The van der Waals surface area contributed by atoms with E-state index >= 15 is 0 Å². The fourth-order valence-electron chi connectivity index (χ4n) is 1.69. The number of benzene rings is 1. The fourth-order valence-corrected chi connectivity index (χ4v) is 1.69. The average Bonchev–Trinajstić information content (AvgIpc) is 2.28. The minimum atomic E-state index is -0.188. The number of rotatable bonds is 5.